The van der Waals surface area contributed by atoms with Crippen molar-refractivity contribution in [3.8, 4) is 0 Å². The van der Waals surface area contributed by atoms with Gasteiger partial charge in [-0.15, -0.1) is 0 Å². The van der Waals surface area contributed by atoms with E-state index in [0.717, 1.165) is 29.9 Å². The zero-order valence-electron chi connectivity index (χ0n) is 18.8. The molecule has 0 aliphatic carbocycles. The quantitative estimate of drug-likeness (QED) is 0.435. The molecule has 168 valence electrons. The number of benzene rings is 2. The molecule has 0 saturated heterocycles. The van der Waals surface area contributed by atoms with Crippen LogP contribution < -0.4 is 15.0 Å². The molecular weight excluding hydrogens is 412 g/mol. The van der Waals surface area contributed by atoms with Crippen molar-refractivity contribution in [3.05, 3.63) is 59.7 Å². The molecular formula is C23H32N4O3S. The summed E-state index contributed by atoms with van der Waals surface area (Å²) >= 11 is 0. The molecule has 0 bridgehead atoms. The fraction of sp³-hybridized carbons (Fsp3) is 0.391. The van der Waals surface area contributed by atoms with Crippen LogP contribution in [0, 0.1) is 12.8 Å². The van der Waals surface area contributed by atoms with Crippen molar-refractivity contribution >= 4 is 27.8 Å². The number of sulfonamides is 1. The Morgan fingerprint density at radius 3 is 2.13 bits per heavy atom. The smallest absolute Gasteiger partial charge is 0.258 e. The highest BCUT2D eigenvalue weighted by molar-refractivity contribution is 7.89. The summed E-state index contributed by atoms with van der Waals surface area (Å²) in [5.74, 6) is -0.773. The van der Waals surface area contributed by atoms with Crippen LogP contribution in [0.3, 0.4) is 0 Å². The van der Waals surface area contributed by atoms with Crippen LogP contribution in [-0.4, -0.2) is 39.7 Å². The Kier molecular flexibility index (Phi) is 8.76. The van der Waals surface area contributed by atoms with Gasteiger partial charge in [0, 0.05) is 18.8 Å². The molecule has 7 nitrogen and oxygen atoms in total. The fourth-order valence-electron chi connectivity index (χ4n) is 3.04. The van der Waals surface area contributed by atoms with Crippen molar-refractivity contribution in [2.45, 2.75) is 45.6 Å². The SMILES string of the molecule is CCN(CC)c1ccc(/C=N\NC(=O)[C@H](NS(=O)(=O)c2ccc(C)cc2)C(C)C)cc1. The molecule has 0 aliphatic heterocycles. The lowest BCUT2D eigenvalue weighted by molar-refractivity contribution is -0.123. The van der Waals surface area contributed by atoms with E-state index >= 15 is 0 Å². The van der Waals surface area contributed by atoms with E-state index in [1.54, 1.807) is 26.0 Å². The third kappa shape index (κ3) is 6.90. The van der Waals surface area contributed by atoms with Crippen LogP contribution in [-0.2, 0) is 14.8 Å². The number of hydrogen-bond acceptors (Lipinski definition) is 5. The maximum absolute atomic E-state index is 12.7. The van der Waals surface area contributed by atoms with Gasteiger partial charge in [-0.1, -0.05) is 43.7 Å². The number of amides is 1. The Hall–Kier alpha value is -2.71. The summed E-state index contributed by atoms with van der Waals surface area (Å²) in [6, 6.07) is 13.4. The molecule has 8 heteroatoms. The minimum absolute atomic E-state index is 0.119. The average molecular weight is 445 g/mol. The molecule has 1 atom stereocenters. The molecule has 0 aromatic heterocycles. The number of anilines is 1. The maximum Gasteiger partial charge on any atom is 0.258 e. The Bertz CT molecular complexity index is 980. The molecule has 0 aliphatic rings. The third-order valence-electron chi connectivity index (χ3n) is 4.97. The molecule has 0 saturated carbocycles. The summed E-state index contributed by atoms with van der Waals surface area (Å²) in [7, 11) is -3.83. The second-order valence-electron chi connectivity index (χ2n) is 7.65. The van der Waals surface area contributed by atoms with Crippen molar-refractivity contribution in [2.75, 3.05) is 18.0 Å². The minimum atomic E-state index is -3.83. The number of rotatable bonds is 10. The molecule has 0 spiro atoms. The summed E-state index contributed by atoms with van der Waals surface area (Å²) in [6.07, 6.45) is 1.54. The topological polar surface area (TPSA) is 90.9 Å². The Balaban J connectivity index is 2.04. The van der Waals surface area contributed by atoms with Gasteiger partial charge in [-0.3, -0.25) is 4.79 Å². The van der Waals surface area contributed by atoms with Crippen molar-refractivity contribution in [2.24, 2.45) is 11.0 Å². The zero-order chi connectivity index (χ0) is 23.0. The predicted octanol–water partition coefficient (Wildman–Crippen LogP) is 3.29. The van der Waals surface area contributed by atoms with E-state index in [-0.39, 0.29) is 10.8 Å². The zero-order valence-corrected chi connectivity index (χ0v) is 19.6. The van der Waals surface area contributed by atoms with E-state index in [9.17, 15) is 13.2 Å². The van der Waals surface area contributed by atoms with Gasteiger partial charge in [0.05, 0.1) is 11.1 Å². The molecule has 0 unspecified atom stereocenters. The van der Waals surface area contributed by atoms with Crippen molar-refractivity contribution in [1.29, 1.82) is 0 Å². The average Bonchev–Trinajstić information content (AvgIpc) is 2.74. The van der Waals surface area contributed by atoms with E-state index in [2.05, 4.69) is 34.0 Å². The van der Waals surface area contributed by atoms with Crippen LogP contribution in [0.15, 0.2) is 58.5 Å². The van der Waals surface area contributed by atoms with Gasteiger partial charge in [-0.25, -0.2) is 13.8 Å². The highest BCUT2D eigenvalue weighted by atomic mass is 32.2. The van der Waals surface area contributed by atoms with Crippen molar-refractivity contribution < 1.29 is 13.2 Å². The van der Waals surface area contributed by atoms with Gasteiger partial charge in [-0.2, -0.15) is 9.82 Å². The Labute approximate surface area is 185 Å². The lowest BCUT2D eigenvalue weighted by Gasteiger charge is -2.21. The first-order chi connectivity index (χ1) is 14.7. The normalized spacial score (nSPS) is 12.8. The first-order valence-corrected chi connectivity index (χ1v) is 11.9. The largest absolute Gasteiger partial charge is 0.372 e. The summed E-state index contributed by atoms with van der Waals surface area (Å²) in [5.41, 5.74) is 5.36. The van der Waals surface area contributed by atoms with Gasteiger partial charge in [0.2, 0.25) is 10.0 Å². The van der Waals surface area contributed by atoms with E-state index in [1.165, 1.54) is 18.3 Å². The molecule has 1 amide bonds. The molecule has 2 aromatic carbocycles. The molecule has 2 N–H and O–H groups in total. The highest BCUT2D eigenvalue weighted by Gasteiger charge is 2.28. The van der Waals surface area contributed by atoms with Gasteiger partial charge in [-0.05, 0) is 56.5 Å². The Morgan fingerprint density at radius 2 is 1.61 bits per heavy atom. The van der Waals surface area contributed by atoms with Crippen LogP contribution in [0.25, 0.3) is 0 Å². The van der Waals surface area contributed by atoms with Gasteiger partial charge >= 0.3 is 0 Å². The number of nitrogens with one attached hydrogen (secondary N) is 2. The number of hydrazone groups is 1. The number of aryl methyl sites for hydroxylation is 1. The lowest BCUT2D eigenvalue weighted by Crippen LogP contribution is -2.48. The second kappa shape index (κ2) is 11.1. The van der Waals surface area contributed by atoms with Crippen LogP contribution in [0.5, 0.6) is 0 Å². The number of hydrogen-bond donors (Lipinski definition) is 2. The van der Waals surface area contributed by atoms with Crippen LogP contribution in [0.1, 0.15) is 38.8 Å². The van der Waals surface area contributed by atoms with Crippen molar-refractivity contribution in [3.63, 3.8) is 0 Å². The second-order valence-corrected chi connectivity index (χ2v) is 9.37. The maximum atomic E-state index is 12.7. The number of nitrogens with zero attached hydrogens (tertiary/aromatic N) is 2. The molecule has 2 rings (SSSR count). The summed E-state index contributed by atoms with van der Waals surface area (Å²) < 4.78 is 27.8. The third-order valence-corrected chi connectivity index (χ3v) is 6.43. The van der Waals surface area contributed by atoms with Gasteiger partial charge in [0.15, 0.2) is 0 Å². The Morgan fingerprint density at radius 1 is 1.03 bits per heavy atom. The van der Waals surface area contributed by atoms with Gasteiger partial charge in [0.1, 0.15) is 6.04 Å². The first-order valence-electron chi connectivity index (χ1n) is 10.4. The molecule has 31 heavy (non-hydrogen) atoms. The summed E-state index contributed by atoms with van der Waals surface area (Å²) in [4.78, 5) is 15.0. The van der Waals surface area contributed by atoms with E-state index in [1.807, 2.05) is 31.2 Å². The van der Waals surface area contributed by atoms with Crippen LogP contribution in [0.2, 0.25) is 0 Å². The molecule has 0 heterocycles. The van der Waals surface area contributed by atoms with Gasteiger partial charge in [0.25, 0.3) is 5.91 Å². The number of carbonyl (C=O) groups excluding carboxylic acids is 1. The molecule has 0 fully saturated rings. The predicted molar refractivity (Wildman–Crippen MR) is 126 cm³/mol. The molecule has 0 radical (unpaired) electrons. The minimum Gasteiger partial charge on any atom is -0.372 e. The first kappa shape index (κ1) is 24.6. The standard InChI is InChI=1S/C23H32N4O3S/c1-6-27(7-2)20-12-10-19(11-13-20)16-24-25-23(28)22(17(3)4)26-31(29,30)21-14-8-18(5)9-15-21/h8-17,22,26H,6-7H2,1-5H3,(H,25,28)/b24-16-/t22-/m1/s1. The summed E-state index contributed by atoms with van der Waals surface area (Å²) in [5, 5.41) is 4.00. The number of carbonyl (C=O) groups is 1. The molecule has 2 aromatic rings. The van der Waals surface area contributed by atoms with E-state index in [0.29, 0.717) is 0 Å². The van der Waals surface area contributed by atoms with Crippen molar-refractivity contribution in [1.82, 2.24) is 10.1 Å². The van der Waals surface area contributed by atoms with E-state index < -0.39 is 22.0 Å². The highest BCUT2D eigenvalue weighted by Crippen LogP contribution is 2.15. The summed E-state index contributed by atoms with van der Waals surface area (Å²) in [6.45, 7) is 11.5. The van der Waals surface area contributed by atoms with E-state index in [4.69, 9.17) is 0 Å². The fourth-order valence-corrected chi connectivity index (χ4v) is 4.39. The monoisotopic (exact) mass is 444 g/mol. The van der Waals surface area contributed by atoms with Crippen LogP contribution in [0.4, 0.5) is 5.69 Å². The lowest BCUT2D eigenvalue weighted by atomic mass is 10.1. The van der Waals surface area contributed by atoms with Gasteiger partial charge < -0.3 is 4.90 Å². The van der Waals surface area contributed by atoms with Crippen LogP contribution >= 0.6 is 0 Å².